The third kappa shape index (κ3) is 3.86. The molecule has 7 heteroatoms. The SMILES string of the molecule is Cc1cccc(OC2CN(C(=O)Nc3ccc(Cl)c(Cl)c3)C2)n1. The number of rotatable bonds is 3. The first-order chi connectivity index (χ1) is 11.0. The quantitative estimate of drug-likeness (QED) is 0.909. The molecule has 5 nitrogen and oxygen atoms in total. The molecule has 120 valence electrons. The highest BCUT2D eigenvalue weighted by atomic mass is 35.5. The van der Waals surface area contributed by atoms with E-state index in [0.29, 0.717) is 34.7 Å². The fourth-order valence-electron chi connectivity index (χ4n) is 2.21. The van der Waals surface area contributed by atoms with Crippen LogP contribution in [0, 0.1) is 6.92 Å². The van der Waals surface area contributed by atoms with Gasteiger partial charge >= 0.3 is 6.03 Å². The van der Waals surface area contributed by atoms with E-state index in [1.807, 2.05) is 25.1 Å². The molecule has 2 heterocycles. The number of carbonyl (C=O) groups is 1. The Morgan fingerprint density at radius 3 is 2.74 bits per heavy atom. The number of hydrogen-bond acceptors (Lipinski definition) is 3. The Morgan fingerprint density at radius 1 is 1.26 bits per heavy atom. The van der Waals surface area contributed by atoms with Gasteiger partial charge in [0.25, 0.3) is 0 Å². The molecule has 0 spiro atoms. The van der Waals surface area contributed by atoms with Crippen molar-refractivity contribution >= 4 is 34.9 Å². The van der Waals surface area contributed by atoms with Crippen LogP contribution in [0.15, 0.2) is 36.4 Å². The zero-order valence-corrected chi connectivity index (χ0v) is 13.9. The zero-order chi connectivity index (χ0) is 16.4. The minimum absolute atomic E-state index is 0.0381. The van der Waals surface area contributed by atoms with Crippen LogP contribution >= 0.6 is 23.2 Å². The Balaban J connectivity index is 1.50. The summed E-state index contributed by atoms with van der Waals surface area (Å²) in [6, 6.07) is 10.4. The Labute approximate surface area is 144 Å². The number of anilines is 1. The fourth-order valence-corrected chi connectivity index (χ4v) is 2.51. The van der Waals surface area contributed by atoms with Crippen LogP contribution in [0.4, 0.5) is 10.5 Å². The summed E-state index contributed by atoms with van der Waals surface area (Å²) < 4.78 is 5.73. The topological polar surface area (TPSA) is 54.5 Å². The zero-order valence-electron chi connectivity index (χ0n) is 12.4. The third-order valence-electron chi connectivity index (χ3n) is 3.46. The highest BCUT2D eigenvalue weighted by Crippen LogP contribution is 2.25. The van der Waals surface area contributed by atoms with E-state index >= 15 is 0 Å². The van der Waals surface area contributed by atoms with Gasteiger partial charge in [-0.2, -0.15) is 0 Å². The van der Waals surface area contributed by atoms with Gasteiger partial charge in [-0.15, -0.1) is 0 Å². The molecule has 0 unspecified atom stereocenters. The smallest absolute Gasteiger partial charge is 0.322 e. The Morgan fingerprint density at radius 2 is 2.04 bits per heavy atom. The number of halogens is 2. The fraction of sp³-hybridized carbons (Fsp3) is 0.250. The average molecular weight is 352 g/mol. The van der Waals surface area contributed by atoms with Gasteiger partial charge < -0.3 is 15.0 Å². The monoisotopic (exact) mass is 351 g/mol. The molecule has 1 aliphatic rings. The number of ether oxygens (including phenoxy) is 1. The van der Waals surface area contributed by atoms with E-state index in [9.17, 15) is 4.79 Å². The maximum absolute atomic E-state index is 12.1. The van der Waals surface area contributed by atoms with E-state index < -0.39 is 0 Å². The van der Waals surface area contributed by atoms with Crippen LogP contribution in [-0.2, 0) is 0 Å². The van der Waals surface area contributed by atoms with Crippen LogP contribution in [0.1, 0.15) is 5.69 Å². The maximum atomic E-state index is 12.1. The molecule has 1 N–H and O–H groups in total. The van der Waals surface area contributed by atoms with Gasteiger partial charge in [0, 0.05) is 17.4 Å². The van der Waals surface area contributed by atoms with E-state index in [0.717, 1.165) is 5.69 Å². The molecular formula is C16H15Cl2N3O2. The molecule has 1 fully saturated rings. The van der Waals surface area contributed by atoms with Crippen molar-refractivity contribution in [3.8, 4) is 5.88 Å². The van der Waals surface area contributed by atoms with E-state index in [-0.39, 0.29) is 12.1 Å². The lowest BCUT2D eigenvalue weighted by atomic mass is 10.2. The molecule has 2 aromatic rings. The Hall–Kier alpha value is -1.98. The van der Waals surface area contributed by atoms with Crippen LogP contribution in [0.25, 0.3) is 0 Å². The number of amides is 2. The second-order valence-corrected chi connectivity index (χ2v) is 6.14. The van der Waals surface area contributed by atoms with E-state index in [1.165, 1.54) is 0 Å². The predicted octanol–water partition coefficient (Wildman–Crippen LogP) is 3.99. The highest BCUT2D eigenvalue weighted by Gasteiger charge is 2.32. The van der Waals surface area contributed by atoms with Crippen molar-refractivity contribution in [3.63, 3.8) is 0 Å². The molecule has 0 bridgehead atoms. The van der Waals surface area contributed by atoms with Crippen molar-refractivity contribution in [3.05, 3.63) is 52.1 Å². The molecule has 0 atom stereocenters. The van der Waals surface area contributed by atoms with E-state index in [1.54, 1.807) is 23.1 Å². The summed E-state index contributed by atoms with van der Waals surface area (Å²) in [6.45, 7) is 2.94. The predicted molar refractivity (Wildman–Crippen MR) is 90.4 cm³/mol. The molecule has 1 aliphatic heterocycles. The van der Waals surface area contributed by atoms with Gasteiger partial charge in [0.2, 0.25) is 5.88 Å². The van der Waals surface area contributed by atoms with Crippen molar-refractivity contribution in [2.45, 2.75) is 13.0 Å². The number of likely N-dealkylation sites (tertiary alicyclic amines) is 1. The van der Waals surface area contributed by atoms with Gasteiger partial charge in [-0.25, -0.2) is 9.78 Å². The first-order valence-electron chi connectivity index (χ1n) is 7.12. The second kappa shape index (κ2) is 6.64. The molecule has 0 radical (unpaired) electrons. The third-order valence-corrected chi connectivity index (χ3v) is 4.20. The summed E-state index contributed by atoms with van der Waals surface area (Å²) in [7, 11) is 0. The maximum Gasteiger partial charge on any atom is 0.322 e. The number of carbonyl (C=O) groups excluding carboxylic acids is 1. The number of nitrogens with one attached hydrogen (secondary N) is 1. The number of hydrogen-bond donors (Lipinski definition) is 1. The van der Waals surface area contributed by atoms with Gasteiger partial charge in [-0.3, -0.25) is 0 Å². The molecule has 3 rings (SSSR count). The first kappa shape index (κ1) is 15.9. The summed E-state index contributed by atoms with van der Waals surface area (Å²) in [5.74, 6) is 0.583. The molecule has 0 saturated carbocycles. The molecule has 1 saturated heterocycles. The van der Waals surface area contributed by atoms with Crippen LogP contribution in [0.5, 0.6) is 5.88 Å². The normalized spacial score (nSPS) is 14.3. The van der Waals surface area contributed by atoms with Gasteiger partial charge in [0.05, 0.1) is 23.1 Å². The van der Waals surface area contributed by atoms with Gasteiger partial charge in [-0.05, 0) is 31.2 Å². The molecular weight excluding hydrogens is 337 g/mol. The van der Waals surface area contributed by atoms with E-state index in [4.69, 9.17) is 27.9 Å². The summed E-state index contributed by atoms with van der Waals surface area (Å²) in [6.07, 6.45) is -0.0381. The molecule has 1 aromatic heterocycles. The molecule has 1 aromatic carbocycles. The molecule has 2 amide bonds. The molecule has 23 heavy (non-hydrogen) atoms. The van der Waals surface area contributed by atoms with Gasteiger partial charge in [0.15, 0.2) is 0 Å². The average Bonchev–Trinajstić information content (AvgIpc) is 2.46. The lowest BCUT2D eigenvalue weighted by molar-refractivity contribution is 0.0460. The number of aryl methyl sites for hydroxylation is 1. The van der Waals surface area contributed by atoms with Crippen molar-refractivity contribution < 1.29 is 9.53 Å². The van der Waals surface area contributed by atoms with Crippen molar-refractivity contribution in [2.75, 3.05) is 18.4 Å². The standard InChI is InChI=1S/C16H15Cl2N3O2/c1-10-3-2-4-15(19-10)23-12-8-21(9-12)16(22)20-11-5-6-13(17)14(18)7-11/h2-7,12H,8-9H2,1H3,(H,20,22). The number of urea groups is 1. The lowest BCUT2D eigenvalue weighted by Crippen LogP contribution is -2.57. The summed E-state index contributed by atoms with van der Waals surface area (Å²) in [5, 5.41) is 3.63. The summed E-state index contributed by atoms with van der Waals surface area (Å²) >= 11 is 11.8. The lowest BCUT2D eigenvalue weighted by Gasteiger charge is -2.38. The largest absolute Gasteiger partial charge is 0.471 e. The van der Waals surface area contributed by atoms with Crippen LogP contribution in [0.3, 0.4) is 0 Å². The van der Waals surface area contributed by atoms with Crippen molar-refractivity contribution in [2.24, 2.45) is 0 Å². The number of aromatic nitrogens is 1. The van der Waals surface area contributed by atoms with Gasteiger partial charge in [-0.1, -0.05) is 29.3 Å². The highest BCUT2D eigenvalue weighted by molar-refractivity contribution is 6.42. The Bertz CT molecular complexity index is 733. The minimum Gasteiger partial charge on any atom is -0.471 e. The van der Waals surface area contributed by atoms with Crippen molar-refractivity contribution in [1.82, 2.24) is 9.88 Å². The summed E-state index contributed by atoms with van der Waals surface area (Å²) in [5.41, 5.74) is 1.50. The summed E-state index contributed by atoms with van der Waals surface area (Å²) in [4.78, 5) is 18.0. The van der Waals surface area contributed by atoms with E-state index in [2.05, 4.69) is 10.3 Å². The van der Waals surface area contributed by atoms with Gasteiger partial charge in [0.1, 0.15) is 6.10 Å². The minimum atomic E-state index is -0.194. The first-order valence-corrected chi connectivity index (χ1v) is 7.88. The van der Waals surface area contributed by atoms with Crippen molar-refractivity contribution in [1.29, 1.82) is 0 Å². The van der Waals surface area contributed by atoms with Crippen LogP contribution < -0.4 is 10.1 Å². The Kier molecular flexibility index (Phi) is 4.59. The second-order valence-electron chi connectivity index (χ2n) is 5.32. The van der Waals surface area contributed by atoms with Crippen LogP contribution in [-0.4, -0.2) is 35.1 Å². The van der Waals surface area contributed by atoms with Crippen LogP contribution in [0.2, 0.25) is 10.0 Å². The number of nitrogens with zero attached hydrogens (tertiary/aromatic N) is 2. The number of benzene rings is 1. The number of pyridine rings is 1. The molecule has 0 aliphatic carbocycles.